The zero-order chi connectivity index (χ0) is 10.3. The standard InChI is InChI=1S/C7H9F3N2O/c1-4-11-5(13-12-4)6(2,3)7(8,9)10/h1-3H3. The fourth-order valence-electron chi connectivity index (χ4n) is 0.672. The molecule has 0 bridgehead atoms. The van der Waals surface area contributed by atoms with Gasteiger partial charge in [0.15, 0.2) is 5.82 Å². The highest BCUT2D eigenvalue weighted by molar-refractivity contribution is 5.04. The second kappa shape index (κ2) is 2.71. The summed E-state index contributed by atoms with van der Waals surface area (Å²) in [6.07, 6.45) is -4.38. The molecule has 1 aromatic heterocycles. The largest absolute Gasteiger partial charge is 0.402 e. The van der Waals surface area contributed by atoms with Gasteiger partial charge in [-0.1, -0.05) is 5.16 Å². The van der Waals surface area contributed by atoms with Crippen LogP contribution in [0.3, 0.4) is 0 Å². The monoisotopic (exact) mass is 194 g/mol. The Balaban J connectivity index is 3.07. The van der Waals surface area contributed by atoms with Gasteiger partial charge in [0.25, 0.3) is 0 Å². The number of halogens is 3. The Morgan fingerprint density at radius 2 is 1.77 bits per heavy atom. The molecule has 0 aliphatic carbocycles. The summed E-state index contributed by atoms with van der Waals surface area (Å²) >= 11 is 0. The number of aryl methyl sites for hydroxylation is 1. The van der Waals surface area contributed by atoms with Gasteiger partial charge in [-0.25, -0.2) is 0 Å². The molecule has 1 heterocycles. The summed E-state index contributed by atoms with van der Waals surface area (Å²) in [5.74, 6) is -0.204. The molecule has 1 aromatic rings. The molecule has 0 fully saturated rings. The molecular formula is C7H9F3N2O. The maximum atomic E-state index is 12.4. The normalized spacial score (nSPS) is 13.4. The van der Waals surface area contributed by atoms with E-state index in [1.165, 1.54) is 6.92 Å². The Labute approximate surface area is 72.9 Å². The molecule has 0 spiro atoms. The van der Waals surface area contributed by atoms with Crippen LogP contribution in [0.15, 0.2) is 4.52 Å². The van der Waals surface area contributed by atoms with E-state index >= 15 is 0 Å². The third kappa shape index (κ3) is 1.66. The molecule has 0 radical (unpaired) electrons. The number of aromatic nitrogens is 2. The zero-order valence-electron chi connectivity index (χ0n) is 7.44. The Morgan fingerprint density at radius 3 is 2.08 bits per heavy atom. The van der Waals surface area contributed by atoms with Crippen LogP contribution in [0.4, 0.5) is 13.2 Å². The van der Waals surface area contributed by atoms with E-state index in [2.05, 4.69) is 14.7 Å². The van der Waals surface area contributed by atoms with E-state index < -0.39 is 17.5 Å². The number of hydrogen-bond acceptors (Lipinski definition) is 3. The van der Waals surface area contributed by atoms with E-state index in [9.17, 15) is 13.2 Å². The highest BCUT2D eigenvalue weighted by Crippen LogP contribution is 2.39. The average Bonchev–Trinajstić information content (AvgIpc) is 2.33. The summed E-state index contributed by atoms with van der Waals surface area (Å²) in [7, 11) is 0. The minimum Gasteiger partial charge on any atom is -0.338 e. The van der Waals surface area contributed by atoms with Crippen LogP contribution in [0, 0.1) is 6.92 Å². The van der Waals surface area contributed by atoms with Gasteiger partial charge in [-0.2, -0.15) is 18.2 Å². The lowest BCUT2D eigenvalue weighted by molar-refractivity contribution is -0.186. The summed E-state index contributed by atoms with van der Waals surface area (Å²) in [5.41, 5.74) is -2.09. The highest BCUT2D eigenvalue weighted by atomic mass is 19.4. The Bertz CT molecular complexity index is 303. The minimum absolute atomic E-state index is 0.201. The van der Waals surface area contributed by atoms with Crippen LogP contribution >= 0.6 is 0 Å². The van der Waals surface area contributed by atoms with Gasteiger partial charge < -0.3 is 4.52 Å². The minimum atomic E-state index is -4.38. The van der Waals surface area contributed by atoms with Crippen molar-refractivity contribution in [3.8, 4) is 0 Å². The zero-order valence-corrected chi connectivity index (χ0v) is 7.44. The lowest BCUT2D eigenvalue weighted by Gasteiger charge is -2.22. The molecule has 0 saturated carbocycles. The molecule has 0 amide bonds. The molecule has 0 N–H and O–H groups in total. The van der Waals surface area contributed by atoms with Crippen molar-refractivity contribution in [2.45, 2.75) is 32.4 Å². The van der Waals surface area contributed by atoms with Crippen LogP contribution in [0.2, 0.25) is 0 Å². The fraction of sp³-hybridized carbons (Fsp3) is 0.714. The van der Waals surface area contributed by atoms with Crippen LogP contribution in [-0.4, -0.2) is 16.3 Å². The van der Waals surface area contributed by atoms with Crippen molar-refractivity contribution in [2.75, 3.05) is 0 Å². The third-order valence-electron chi connectivity index (χ3n) is 1.77. The summed E-state index contributed by atoms with van der Waals surface area (Å²) in [4.78, 5) is 3.55. The van der Waals surface area contributed by atoms with Crippen molar-refractivity contribution in [2.24, 2.45) is 0 Å². The molecule has 0 unspecified atom stereocenters. The fourth-order valence-corrected chi connectivity index (χ4v) is 0.672. The molecule has 6 heteroatoms. The third-order valence-corrected chi connectivity index (χ3v) is 1.77. The van der Waals surface area contributed by atoms with Crippen molar-refractivity contribution >= 4 is 0 Å². The van der Waals surface area contributed by atoms with E-state index in [4.69, 9.17) is 0 Å². The van der Waals surface area contributed by atoms with Crippen LogP contribution in [0.5, 0.6) is 0 Å². The number of nitrogens with zero attached hydrogens (tertiary/aromatic N) is 2. The molecule has 3 nitrogen and oxygen atoms in total. The molecule has 0 saturated heterocycles. The van der Waals surface area contributed by atoms with Crippen LogP contribution in [-0.2, 0) is 5.41 Å². The van der Waals surface area contributed by atoms with Gasteiger partial charge >= 0.3 is 6.18 Å². The molecule has 0 aliphatic rings. The predicted molar refractivity (Wildman–Crippen MR) is 38.1 cm³/mol. The lowest BCUT2D eigenvalue weighted by Crippen LogP contribution is -2.36. The van der Waals surface area contributed by atoms with Crippen molar-refractivity contribution < 1.29 is 17.7 Å². The Kier molecular flexibility index (Phi) is 2.09. The maximum Gasteiger partial charge on any atom is 0.402 e. The predicted octanol–water partition coefficient (Wildman–Crippen LogP) is 2.22. The van der Waals surface area contributed by atoms with Gasteiger partial charge in [0, 0.05) is 0 Å². The first-order chi connectivity index (χ1) is 5.75. The lowest BCUT2D eigenvalue weighted by atomic mass is 9.93. The molecule has 0 aliphatic heterocycles. The molecular weight excluding hydrogens is 185 g/mol. The molecule has 74 valence electrons. The van der Waals surface area contributed by atoms with E-state index in [-0.39, 0.29) is 5.82 Å². The Hall–Kier alpha value is -1.07. The van der Waals surface area contributed by atoms with Crippen LogP contribution in [0.25, 0.3) is 0 Å². The van der Waals surface area contributed by atoms with Gasteiger partial charge in [0.1, 0.15) is 5.41 Å². The summed E-state index contributed by atoms with van der Waals surface area (Å²) in [6, 6.07) is 0. The molecule has 0 atom stereocenters. The highest BCUT2D eigenvalue weighted by Gasteiger charge is 2.52. The second-order valence-electron chi connectivity index (χ2n) is 3.27. The first kappa shape index (κ1) is 10.0. The second-order valence-corrected chi connectivity index (χ2v) is 3.27. The van der Waals surface area contributed by atoms with E-state index in [1.54, 1.807) is 0 Å². The maximum absolute atomic E-state index is 12.4. The van der Waals surface area contributed by atoms with Gasteiger partial charge in [-0.05, 0) is 20.8 Å². The topological polar surface area (TPSA) is 38.9 Å². The van der Waals surface area contributed by atoms with E-state index in [1.807, 2.05) is 0 Å². The summed E-state index contributed by atoms with van der Waals surface area (Å²) in [6.45, 7) is 3.47. The van der Waals surface area contributed by atoms with Crippen molar-refractivity contribution in [3.05, 3.63) is 11.7 Å². The molecule has 13 heavy (non-hydrogen) atoms. The first-order valence-corrected chi connectivity index (χ1v) is 3.62. The number of rotatable bonds is 1. The quantitative estimate of drug-likeness (QED) is 0.688. The molecule has 1 rings (SSSR count). The summed E-state index contributed by atoms with van der Waals surface area (Å²) in [5, 5.41) is 3.31. The first-order valence-electron chi connectivity index (χ1n) is 3.62. The van der Waals surface area contributed by atoms with Gasteiger partial charge in [-0.15, -0.1) is 0 Å². The van der Waals surface area contributed by atoms with E-state index in [0.717, 1.165) is 13.8 Å². The number of hydrogen-bond donors (Lipinski definition) is 0. The van der Waals surface area contributed by atoms with Crippen molar-refractivity contribution in [1.82, 2.24) is 10.1 Å². The van der Waals surface area contributed by atoms with E-state index in [0.29, 0.717) is 0 Å². The average molecular weight is 194 g/mol. The van der Waals surface area contributed by atoms with Gasteiger partial charge in [0.2, 0.25) is 5.89 Å². The number of alkyl halides is 3. The van der Waals surface area contributed by atoms with Crippen LogP contribution < -0.4 is 0 Å². The van der Waals surface area contributed by atoms with Gasteiger partial charge in [-0.3, -0.25) is 0 Å². The van der Waals surface area contributed by atoms with Crippen molar-refractivity contribution in [1.29, 1.82) is 0 Å². The smallest absolute Gasteiger partial charge is 0.338 e. The van der Waals surface area contributed by atoms with Gasteiger partial charge in [0.05, 0.1) is 0 Å². The summed E-state index contributed by atoms with van der Waals surface area (Å²) < 4.78 is 41.7. The van der Waals surface area contributed by atoms with Crippen molar-refractivity contribution in [3.63, 3.8) is 0 Å². The Morgan fingerprint density at radius 1 is 1.23 bits per heavy atom. The van der Waals surface area contributed by atoms with Crippen LogP contribution in [0.1, 0.15) is 25.6 Å². The molecule has 0 aromatic carbocycles. The SMILES string of the molecule is Cc1noc(C(C)(C)C(F)(F)F)n1.